The quantitative estimate of drug-likeness (QED) is 0.255. The van der Waals surface area contributed by atoms with Gasteiger partial charge in [0, 0.05) is 5.56 Å². The number of hydrazone groups is 1. The summed E-state index contributed by atoms with van der Waals surface area (Å²) in [6, 6.07) is 19.6. The van der Waals surface area contributed by atoms with Crippen LogP contribution >= 0.6 is 0 Å². The Balaban J connectivity index is 1.63. The van der Waals surface area contributed by atoms with Crippen molar-refractivity contribution in [2.45, 2.75) is 20.4 Å². The second-order valence-corrected chi connectivity index (χ2v) is 10.0. The lowest BCUT2D eigenvalue weighted by molar-refractivity contribution is 0.0955. The van der Waals surface area contributed by atoms with Crippen LogP contribution in [0.3, 0.4) is 0 Å². The van der Waals surface area contributed by atoms with Crippen molar-refractivity contribution in [1.82, 2.24) is 5.43 Å². The van der Waals surface area contributed by atoms with Crippen LogP contribution in [0.4, 0.5) is 5.69 Å². The first-order valence-electron chi connectivity index (χ1n) is 11.0. The largest absolute Gasteiger partial charge is 0.490 e. The van der Waals surface area contributed by atoms with Gasteiger partial charge in [-0.25, -0.2) is 13.8 Å². The molecule has 3 rings (SSSR count). The van der Waals surface area contributed by atoms with E-state index < -0.39 is 10.0 Å². The highest BCUT2D eigenvalue weighted by atomic mass is 32.2. The van der Waals surface area contributed by atoms with Gasteiger partial charge in [-0.15, -0.1) is 0 Å². The standard InChI is InChI=1S/C27H29N3O4S/c1-5-16-34-26-14-9-22(10-15-26)18-28-29-27(31)24-11-7-23(8-12-24)19-30(35(4,32)33)25-13-6-20(2)21(3)17-25/h5-15,17-18H,1,16,19H2,2-4H3,(H,29,31)/b28-18-. The van der Waals surface area contributed by atoms with Crippen molar-refractivity contribution in [1.29, 1.82) is 0 Å². The number of nitrogens with zero attached hydrogens (tertiary/aromatic N) is 2. The van der Waals surface area contributed by atoms with Gasteiger partial charge < -0.3 is 4.74 Å². The number of sulfonamides is 1. The van der Waals surface area contributed by atoms with Gasteiger partial charge in [0.2, 0.25) is 10.0 Å². The maximum absolute atomic E-state index is 12.4. The fourth-order valence-corrected chi connectivity index (χ4v) is 4.12. The Kier molecular flexibility index (Phi) is 8.43. The molecule has 0 fully saturated rings. The van der Waals surface area contributed by atoms with Gasteiger partial charge >= 0.3 is 0 Å². The molecule has 3 aromatic carbocycles. The molecule has 35 heavy (non-hydrogen) atoms. The van der Waals surface area contributed by atoms with Crippen LogP contribution < -0.4 is 14.5 Å². The lowest BCUT2D eigenvalue weighted by Crippen LogP contribution is -2.29. The van der Waals surface area contributed by atoms with Gasteiger partial charge in [-0.2, -0.15) is 5.10 Å². The van der Waals surface area contributed by atoms with E-state index in [1.54, 1.807) is 36.4 Å². The highest BCUT2D eigenvalue weighted by molar-refractivity contribution is 7.92. The van der Waals surface area contributed by atoms with Crippen molar-refractivity contribution < 1.29 is 17.9 Å². The second-order valence-electron chi connectivity index (χ2n) is 8.10. The molecule has 1 amide bonds. The summed E-state index contributed by atoms with van der Waals surface area (Å²) in [5.74, 6) is 0.353. The summed E-state index contributed by atoms with van der Waals surface area (Å²) in [5, 5.41) is 4.00. The third-order valence-electron chi connectivity index (χ3n) is 5.35. The number of carbonyl (C=O) groups is 1. The molecule has 0 saturated heterocycles. The Bertz CT molecular complexity index is 1320. The number of ether oxygens (including phenoxy) is 1. The molecule has 0 bridgehead atoms. The maximum Gasteiger partial charge on any atom is 0.271 e. The molecular formula is C27H29N3O4S. The van der Waals surface area contributed by atoms with Gasteiger partial charge in [-0.05, 0) is 84.6 Å². The molecule has 0 spiro atoms. The fourth-order valence-electron chi connectivity index (χ4n) is 3.24. The Labute approximate surface area is 206 Å². The summed E-state index contributed by atoms with van der Waals surface area (Å²) in [5.41, 5.74) is 7.18. The average Bonchev–Trinajstić information content (AvgIpc) is 2.83. The molecular weight excluding hydrogens is 462 g/mol. The topological polar surface area (TPSA) is 88.1 Å². The number of rotatable bonds is 10. The van der Waals surface area contributed by atoms with Crippen LogP contribution in [0.25, 0.3) is 0 Å². The molecule has 0 aliphatic heterocycles. The predicted octanol–water partition coefficient (Wildman–Crippen LogP) is 4.60. The van der Waals surface area contributed by atoms with Crippen molar-refractivity contribution in [3.05, 3.63) is 107 Å². The number of aryl methyl sites for hydroxylation is 2. The second kappa shape index (κ2) is 11.5. The lowest BCUT2D eigenvalue weighted by atomic mass is 10.1. The van der Waals surface area contributed by atoms with Gasteiger partial charge in [0.05, 0.1) is 24.7 Å². The zero-order valence-electron chi connectivity index (χ0n) is 20.1. The number of hydrogen-bond acceptors (Lipinski definition) is 5. The number of anilines is 1. The summed E-state index contributed by atoms with van der Waals surface area (Å²) in [6.45, 7) is 8.13. The van der Waals surface area contributed by atoms with Crippen LogP contribution in [0.5, 0.6) is 5.75 Å². The number of carbonyl (C=O) groups excluding carboxylic acids is 1. The van der Waals surface area contributed by atoms with E-state index in [2.05, 4.69) is 17.1 Å². The summed E-state index contributed by atoms with van der Waals surface area (Å²) < 4.78 is 31.7. The Morgan fingerprint density at radius 1 is 1.03 bits per heavy atom. The molecule has 0 saturated carbocycles. The van der Waals surface area contributed by atoms with Crippen LogP contribution in [0.1, 0.15) is 32.6 Å². The molecule has 0 atom stereocenters. The van der Waals surface area contributed by atoms with Gasteiger partial charge in [0.15, 0.2) is 0 Å². The van der Waals surface area contributed by atoms with E-state index >= 15 is 0 Å². The molecule has 8 heteroatoms. The molecule has 1 N–H and O–H groups in total. The first-order chi connectivity index (χ1) is 16.7. The SMILES string of the molecule is C=CCOc1ccc(/C=N\NC(=O)c2ccc(CN(c3ccc(C)c(C)c3)S(C)(=O)=O)cc2)cc1. The van der Waals surface area contributed by atoms with Crippen LogP contribution in [0, 0.1) is 13.8 Å². The van der Waals surface area contributed by atoms with Gasteiger partial charge in [-0.3, -0.25) is 9.10 Å². The van der Waals surface area contributed by atoms with Crippen molar-refractivity contribution in [2.75, 3.05) is 17.2 Å². The first kappa shape index (κ1) is 25.7. The van der Waals surface area contributed by atoms with E-state index in [0.29, 0.717) is 17.9 Å². The van der Waals surface area contributed by atoms with Crippen LogP contribution in [-0.4, -0.2) is 33.4 Å². The number of amides is 1. The highest BCUT2D eigenvalue weighted by Crippen LogP contribution is 2.23. The molecule has 0 aromatic heterocycles. The molecule has 3 aromatic rings. The highest BCUT2D eigenvalue weighted by Gasteiger charge is 2.18. The fraction of sp³-hybridized carbons (Fsp3) is 0.185. The number of hydrogen-bond donors (Lipinski definition) is 1. The molecule has 0 aliphatic carbocycles. The van der Waals surface area contributed by atoms with Gasteiger partial charge in [0.25, 0.3) is 5.91 Å². The summed E-state index contributed by atoms with van der Waals surface area (Å²) in [7, 11) is -3.50. The van der Waals surface area contributed by atoms with E-state index in [1.807, 2.05) is 50.2 Å². The van der Waals surface area contributed by atoms with Crippen molar-refractivity contribution >= 4 is 27.8 Å². The van der Waals surface area contributed by atoms with Gasteiger partial charge in [0.1, 0.15) is 12.4 Å². The van der Waals surface area contributed by atoms with Crippen LogP contribution in [0.2, 0.25) is 0 Å². The Morgan fingerprint density at radius 3 is 2.31 bits per heavy atom. The third kappa shape index (κ3) is 7.28. The number of nitrogens with one attached hydrogen (secondary N) is 1. The summed E-state index contributed by atoms with van der Waals surface area (Å²) in [6.07, 6.45) is 4.39. The van der Waals surface area contributed by atoms with Crippen LogP contribution in [-0.2, 0) is 16.6 Å². The van der Waals surface area contributed by atoms with Gasteiger partial charge in [-0.1, -0.05) is 30.9 Å². The first-order valence-corrected chi connectivity index (χ1v) is 12.8. The molecule has 0 unspecified atom stereocenters. The van der Waals surface area contributed by atoms with Crippen molar-refractivity contribution in [3.8, 4) is 5.75 Å². The van der Waals surface area contributed by atoms with Crippen LogP contribution in [0.15, 0.2) is 84.5 Å². The van der Waals surface area contributed by atoms with Crippen molar-refractivity contribution in [3.63, 3.8) is 0 Å². The molecule has 7 nitrogen and oxygen atoms in total. The maximum atomic E-state index is 12.4. The predicted molar refractivity (Wildman–Crippen MR) is 141 cm³/mol. The molecule has 182 valence electrons. The molecule has 0 heterocycles. The minimum atomic E-state index is -3.50. The minimum Gasteiger partial charge on any atom is -0.490 e. The average molecular weight is 492 g/mol. The zero-order chi connectivity index (χ0) is 25.4. The van der Waals surface area contributed by atoms with E-state index in [0.717, 1.165) is 28.0 Å². The lowest BCUT2D eigenvalue weighted by Gasteiger charge is -2.23. The third-order valence-corrected chi connectivity index (χ3v) is 6.49. The molecule has 0 radical (unpaired) electrons. The van der Waals surface area contributed by atoms with E-state index in [1.165, 1.54) is 16.8 Å². The zero-order valence-corrected chi connectivity index (χ0v) is 20.9. The van der Waals surface area contributed by atoms with E-state index in [4.69, 9.17) is 4.74 Å². The minimum absolute atomic E-state index is 0.161. The normalized spacial score (nSPS) is 11.3. The van der Waals surface area contributed by atoms with E-state index in [9.17, 15) is 13.2 Å². The van der Waals surface area contributed by atoms with E-state index in [-0.39, 0.29) is 12.5 Å². The summed E-state index contributed by atoms with van der Waals surface area (Å²) >= 11 is 0. The monoisotopic (exact) mass is 491 g/mol. The molecule has 0 aliphatic rings. The number of benzene rings is 3. The van der Waals surface area contributed by atoms with Crippen molar-refractivity contribution in [2.24, 2.45) is 5.10 Å². The Morgan fingerprint density at radius 2 is 1.71 bits per heavy atom. The smallest absolute Gasteiger partial charge is 0.271 e. The summed E-state index contributed by atoms with van der Waals surface area (Å²) in [4.78, 5) is 12.4. The Hall–Kier alpha value is -3.91.